The normalized spacial score (nSPS) is 19.1. The fourth-order valence-electron chi connectivity index (χ4n) is 2.39. The predicted octanol–water partition coefficient (Wildman–Crippen LogP) is 3.23. The molecule has 1 unspecified atom stereocenters. The Hall–Kier alpha value is 0.180. The number of phosphoric acid groups is 2. The first-order chi connectivity index (χ1) is 11.8. The van der Waals surface area contributed by atoms with E-state index in [1.54, 1.807) is 0 Å². The van der Waals surface area contributed by atoms with E-state index >= 15 is 0 Å². The van der Waals surface area contributed by atoms with Crippen LogP contribution in [0.15, 0.2) is 0 Å². The highest BCUT2D eigenvalue weighted by Gasteiger charge is 2.41. The molecule has 0 aliphatic carbocycles. The second kappa shape index (κ2) is 15.1. The maximum Gasteiger partial charge on any atom is 0.466 e. The molecule has 1 saturated heterocycles. The van der Waals surface area contributed by atoms with Crippen molar-refractivity contribution < 1.29 is 43.2 Å². The van der Waals surface area contributed by atoms with Gasteiger partial charge in [-0.25, -0.2) is 9.13 Å². The smallest absolute Gasteiger partial charge is 0.370 e. The Morgan fingerprint density at radius 3 is 1.31 bits per heavy atom. The average molecular weight is 422 g/mol. The van der Waals surface area contributed by atoms with Crippen LogP contribution in [0.4, 0.5) is 0 Å². The molecule has 11 heteroatoms. The van der Waals surface area contributed by atoms with Gasteiger partial charge in [0.25, 0.3) is 0 Å². The van der Waals surface area contributed by atoms with Gasteiger partial charge in [0.2, 0.25) is 0 Å². The Morgan fingerprint density at radius 2 is 1.04 bits per heavy atom. The zero-order valence-corrected chi connectivity index (χ0v) is 17.6. The van der Waals surface area contributed by atoms with Gasteiger partial charge in [0.1, 0.15) is 0 Å². The molecule has 0 aromatic rings. The van der Waals surface area contributed by atoms with Crippen molar-refractivity contribution in [2.45, 2.75) is 90.1 Å². The van der Waals surface area contributed by atoms with E-state index in [0.29, 0.717) is 5.60 Å². The van der Waals surface area contributed by atoms with Gasteiger partial charge in [0.05, 0.1) is 12.2 Å². The molecule has 1 aliphatic rings. The van der Waals surface area contributed by atoms with Crippen molar-refractivity contribution >= 4 is 15.6 Å². The third-order valence-electron chi connectivity index (χ3n) is 3.93. The van der Waals surface area contributed by atoms with Crippen LogP contribution in [-0.2, 0) is 13.9 Å². The summed E-state index contributed by atoms with van der Waals surface area (Å²) in [6.07, 6.45) is 15.3. The van der Waals surface area contributed by atoms with Crippen LogP contribution in [0, 0.1) is 0 Å². The Labute approximate surface area is 156 Å². The van der Waals surface area contributed by atoms with Crippen molar-refractivity contribution in [2.75, 3.05) is 6.61 Å². The lowest BCUT2D eigenvalue weighted by atomic mass is 9.98. The zero-order chi connectivity index (χ0) is 20.7. The summed E-state index contributed by atoms with van der Waals surface area (Å²) in [5.74, 6) is 0. The fourth-order valence-corrected chi connectivity index (χ4v) is 2.39. The summed E-state index contributed by atoms with van der Waals surface area (Å²) in [6.45, 7) is 5.56. The van der Waals surface area contributed by atoms with Crippen molar-refractivity contribution in [2.24, 2.45) is 0 Å². The summed E-state index contributed by atoms with van der Waals surface area (Å²) in [7, 11) is -9.28. The molecule has 0 spiro atoms. The molecule has 160 valence electrons. The monoisotopic (exact) mass is 422 g/mol. The summed E-state index contributed by atoms with van der Waals surface area (Å²) in [5.41, 5.74) is 0.334. The van der Waals surface area contributed by atoms with Gasteiger partial charge in [-0.1, -0.05) is 71.6 Å². The second-order valence-corrected chi connectivity index (χ2v) is 8.48. The number of hydrogen-bond acceptors (Lipinski definition) is 3. The highest BCUT2D eigenvalue weighted by molar-refractivity contribution is 7.45. The molecule has 1 atom stereocenters. The molecule has 0 aromatic carbocycles. The van der Waals surface area contributed by atoms with Crippen molar-refractivity contribution in [1.82, 2.24) is 0 Å². The van der Waals surface area contributed by atoms with E-state index in [4.69, 9.17) is 43.2 Å². The molecule has 1 rings (SSSR count). The highest BCUT2D eigenvalue weighted by atomic mass is 31.2. The van der Waals surface area contributed by atoms with Gasteiger partial charge < -0.3 is 34.1 Å². The lowest BCUT2D eigenvalue weighted by molar-refractivity contribution is 0.272. The molecular formula is C15H36O9P2. The first-order valence-electron chi connectivity index (χ1n) is 9.03. The Bertz CT molecular complexity index is 379. The van der Waals surface area contributed by atoms with Crippen LogP contribution in [0.3, 0.4) is 0 Å². The molecule has 0 bridgehead atoms. The summed E-state index contributed by atoms with van der Waals surface area (Å²) in [6, 6.07) is 0. The van der Waals surface area contributed by atoms with E-state index in [2.05, 4.69) is 13.8 Å². The van der Waals surface area contributed by atoms with E-state index in [-0.39, 0.29) is 0 Å². The average Bonchev–Trinajstić information content (AvgIpc) is 3.23. The molecule has 1 heterocycles. The Balaban J connectivity index is 0. The number of rotatable bonds is 11. The van der Waals surface area contributed by atoms with Gasteiger partial charge >= 0.3 is 15.6 Å². The van der Waals surface area contributed by atoms with E-state index in [9.17, 15) is 0 Å². The van der Waals surface area contributed by atoms with Crippen LogP contribution in [-0.4, -0.2) is 41.6 Å². The number of unbranched alkanes of at least 4 members (excludes halogenated alkanes) is 8. The standard InChI is InChI=1S/C15H30O.2H3O4P/c1-3-5-6-7-8-9-10-11-12-13-15(4-2)14-16-15;2*1-5(2,3)4/h3-14H2,1-2H3;2*(H3,1,2,3,4). The Kier molecular flexibility index (Phi) is 16.5. The van der Waals surface area contributed by atoms with Crippen LogP contribution in [0.2, 0.25) is 0 Å². The molecule has 9 nitrogen and oxygen atoms in total. The second-order valence-electron chi connectivity index (χ2n) is 6.43. The third-order valence-corrected chi connectivity index (χ3v) is 3.93. The minimum atomic E-state index is -4.64. The molecule has 6 N–H and O–H groups in total. The van der Waals surface area contributed by atoms with E-state index in [0.717, 1.165) is 6.61 Å². The summed E-state index contributed by atoms with van der Waals surface area (Å²) in [5, 5.41) is 0. The first-order valence-corrected chi connectivity index (χ1v) is 12.2. The predicted molar refractivity (Wildman–Crippen MR) is 99.3 cm³/mol. The van der Waals surface area contributed by atoms with Crippen molar-refractivity contribution in [3.05, 3.63) is 0 Å². The van der Waals surface area contributed by atoms with Crippen molar-refractivity contribution in [3.63, 3.8) is 0 Å². The molecule has 0 saturated carbocycles. The van der Waals surface area contributed by atoms with E-state index in [1.165, 1.54) is 70.6 Å². The molecule has 0 amide bonds. The molecule has 1 fully saturated rings. The van der Waals surface area contributed by atoms with Gasteiger partial charge in [0, 0.05) is 0 Å². The van der Waals surface area contributed by atoms with Crippen molar-refractivity contribution in [3.8, 4) is 0 Å². The highest BCUT2D eigenvalue weighted by Crippen LogP contribution is 2.36. The topological polar surface area (TPSA) is 168 Å². The fraction of sp³-hybridized carbons (Fsp3) is 1.00. The van der Waals surface area contributed by atoms with Crippen LogP contribution in [0.1, 0.15) is 84.5 Å². The maximum absolute atomic E-state index is 8.88. The minimum absolute atomic E-state index is 0.334. The molecule has 0 radical (unpaired) electrons. The molecule has 0 aromatic heterocycles. The zero-order valence-electron chi connectivity index (χ0n) is 15.8. The largest absolute Gasteiger partial charge is 0.466 e. The van der Waals surface area contributed by atoms with Gasteiger partial charge in [-0.05, 0) is 12.8 Å². The third kappa shape index (κ3) is 31.9. The lowest BCUT2D eigenvalue weighted by Gasteiger charge is -2.07. The Morgan fingerprint density at radius 1 is 0.731 bits per heavy atom. The number of hydrogen-bond donors (Lipinski definition) is 6. The summed E-state index contributed by atoms with van der Waals surface area (Å²) < 4.78 is 23.3. The van der Waals surface area contributed by atoms with E-state index in [1.807, 2.05) is 0 Å². The van der Waals surface area contributed by atoms with Crippen LogP contribution in [0.25, 0.3) is 0 Å². The maximum atomic E-state index is 8.88. The van der Waals surface area contributed by atoms with Crippen molar-refractivity contribution in [1.29, 1.82) is 0 Å². The van der Waals surface area contributed by atoms with Gasteiger partial charge in [-0.3, -0.25) is 0 Å². The van der Waals surface area contributed by atoms with Gasteiger partial charge in [-0.2, -0.15) is 0 Å². The first kappa shape index (κ1) is 28.4. The summed E-state index contributed by atoms with van der Waals surface area (Å²) >= 11 is 0. The van der Waals surface area contributed by atoms with Crippen LogP contribution >= 0.6 is 15.6 Å². The van der Waals surface area contributed by atoms with E-state index < -0.39 is 15.6 Å². The van der Waals surface area contributed by atoms with Gasteiger partial charge in [0.15, 0.2) is 0 Å². The molecular weight excluding hydrogens is 386 g/mol. The number of ether oxygens (including phenoxy) is 1. The SMILES string of the molecule is CCCCCCCCCCCC1(CC)CO1.O=P(O)(O)O.O=P(O)(O)O. The molecule has 26 heavy (non-hydrogen) atoms. The van der Waals surface area contributed by atoms with Gasteiger partial charge in [-0.15, -0.1) is 0 Å². The molecule has 1 aliphatic heterocycles. The quantitative estimate of drug-likeness (QED) is 0.166. The minimum Gasteiger partial charge on any atom is -0.370 e. The number of epoxide rings is 1. The van der Waals surface area contributed by atoms with Crippen LogP contribution in [0.5, 0.6) is 0 Å². The lowest BCUT2D eigenvalue weighted by Crippen LogP contribution is -2.08. The van der Waals surface area contributed by atoms with Crippen LogP contribution < -0.4 is 0 Å². The summed E-state index contributed by atoms with van der Waals surface area (Å²) in [4.78, 5) is 43.1.